The highest BCUT2D eigenvalue weighted by Gasteiger charge is 2.74. The Labute approximate surface area is 156 Å². The summed E-state index contributed by atoms with van der Waals surface area (Å²) in [5.74, 6) is 0.484. The van der Waals surface area contributed by atoms with Gasteiger partial charge in [0.1, 0.15) is 5.60 Å². The standard InChI is InChI=1S/C24H27NO/c1-16-14-24(26-15-16)21(19-12-13-23(24,4)22(19,2)3)25-20-11-7-9-17-8-5-6-10-18(17)20/h5-11,19H,1,12-15H2,2-4H3/t19-,23-,24-/m0/s1. The van der Waals surface area contributed by atoms with E-state index < -0.39 is 0 Å². The Morgan fingerprint density at radius 1 is 1.08 bits per heavy atom. The molecule has 134 valence electrons. The Balaban J connectivity index is 1.75. The van der Waals surface area contributed by atoms with Crippen molar-refractivity contribution >= 4 is 22.2 Å². The SMILES string of the molecule is C=C1CO[C@@]2(C1)C(=Nc1cccc3ccccc13)[C@@H]1CC[C@@]2(C)C1(C)C. The Kier molecular flexibility index (Phi) is 3.17. The van der Waals surface area contributed by atoms with Gasteiger partial charge in [-0.3, -0.25) is 4.99 Å². The van der Waals surface area contributed by atoms with Gasteiger partial charge in [-0.2, -0.15) is 0 Å². The van der Waals surface area contributed by atoms with Crippen LogP contribution < -0.4 is 0 Å². The average molecular weight is 345 g/mol. The molecule has 1 saturated heterocycles. The zero-order valence-electron chi connectivity index (χ0n) is 16.0. The van der Waals surface area contributed by atoms with Crippen LogP contribution in [0.2, 0.25) is 0 Å². The van der Waals surface area contributed by atoms with E-state index in [-0.39, 0.29) is 16.4 Å². The zero-order chi connectivity index (χ0) is 18.2. The van der Waals surface area contributed by atoms with E-state index in [4.69, 9.17) is 9.73 Å². The van der Waals surface area contributed by atoms with E-state index in [2.05, 4.69) is 69.8 Å². The molecule has 2 bridgehead atoms. The quantitative estimate of drug-likeness (QED) is 0.574. The van der Waals surface area contributed by atoms with Gasteiger partial charge in [-0.15, -0.1) is 0 Å². The fourth-order valence-electron chi connectivity index (χ4n) is 6.07. The number of aliphatic imine (C=N–C) groups is 1. The summed E-state index contributed by atoms with van der Waals surface area (Å²) in [6.07, 6.45) is 3.35. The van der Waals surface area contributed by atoms with Gasteiger partial charge in [0, 0.05) is 23.1 Å². The van der Waals surface area contributed by atoms with Crippen LogP contribution >= 0.6 is 0 Å². The molecule has 26 heavy (non-hydrogen) atoms. The Morgan fingerprint density at radius 2 is 1.85 bits per heavy atom. The van der Waals surface area contributed by atoms with Crippen LogP contribution in [0, 0.1) is 16.7 Å². The Morgan fingerprint density at radius 3 is 2.62 bits per heavy atom. The van der Waals surface area contributed by atoms with Crippen molar-refractivity contribution in [3.8, 4) is 0 Å². The molecule has 0 radical (unpaired) electrons. The fourth-order valence-corrected chi connectivity index (χ4v) is 6.07. The summed E-state index contributed by atoms with van der Waals surface area (Å²) in [6.45, 7) is 12.2. The van der Waals surface area contributed by atoms with Gasteiger partial charge in [0.05, 0.1) is 18.0 Å². The molecular weight excluding hydrogens is 318 g/mol. The van der Waals surface area contributed by atoms with Crippen molar-refractivity contribution in [2.24, 2.45) is 21.7 Å². The number of benzene rings is 2. The van der Waals surface area contributed by atoms with Gasteiger partial charge in [-0.25, -0.2) is 0 Å². The van der Waals surface area contributed by atoms with Crippen molar-refractivity contribution in [1.82, 2.24) is 0 Å². The second-order valence-corrected chi connectivity index (χ2v) is 9.18. The van der Waals surface area contributed by atoms with Gasteiger partial charge in [-0.1, -0.05) is 63.7 Å². The molecule has 1 heterocycles. The minimum atomic E-state index is -0.270. The minimum absolute atomic E-state index is 0.119. The lowest BCUT2D eigenvalue weighted by Gasteiger charge is -2.45. The molecule has 3 aliphatic rings. The molecule has 5 rings (SSSR count). The number of hydrogen-bond donors (Lipinski definition) is 0. The number of rotatable bonds is 1. The van der Waals surface area contributed by atoms with Crippen LogP contribution in [0.3, 0.4) is 0 Å². The molecule has 1 spiro atoms. The molecule has 0 unspecified atom stereocenters. The average Bonchev–Trinajstić information content (AvgIpc) is 3.16. The van der Waals surface area contributed by atoms with Crippen molar-refractivity contribution in [3.05, 3.63) is 54.6 Å². The molecule has 2 saturated carbocycles. The number of hydrogen-bond acceptors (Lipinski definition) is 2. The van der Waals surface area contributed by atoms with E-state index in [1.807, 2.05) is 0 Å². The zero-order valence-corrected chi connectivity index (χ0v) is 16.0. The lowest BCUT2D eigenvalue weighted by molar-refractivity contribution is -0.0682. The van der Waals surface area contributed by atoms with Gasteiger partial charge in [0.2, 0.25) is 0 Å². The molecule has 2 nitrogen and oxygen atoms in total. The third-order valence-electron chi connectivity index (χ3n) is 7.89. The van der Waals surface area contributed by atoms with E-state index in [0.717, 1.165) is 12.1 Å². The van der Waals surface area contributed by atoms with Crippen molar-refractivity contribution in [1.29, 1.82) is 0 Å². The van der Waals surface area contributed by atoms with Gasteiger partial charge in [0.25, 0.3) is 0 Å². The maximum atomic E-state index is 6.55. The summed E-state index contributed by atoms with van der Waals surface area (Å²) >= 11 is 0. The molecule has 2 aliphatic carbocycles. The molecule has 0 amide bonds. The summed E-state index contributed by atoms with van der Waals surface area (Å²) in [4.78, 5) is 5.33. The third kappa shape index (κ3) is 1.79. The van der Waals surface area contributed by atoms with Gasteiger partial charge < -0.3 is 4.74 Å². The lowest BCUT2D eigenvalue weighted by Crippen LogP contribution is -2.51. The highest BCUT2D eigenvalue weighted by atomic mass is 16.5. The fraction of sp³-hybridized carbons (Fsp3) is 0.458. The van der Waals surface area contributed by atoms with E-state index in [0.29, 0.717) is 12.5 Å². The summed E-state index contributed by atoms with van der Waals surface area (Å²) in [7, 11) is 0. The first-order valence-corrected chi connectivity index (χ1v) is 9.76. The van der Waals surface area contributed by atoms with Crippen LogP contribution in [0.15, 0.2) is 59.6 Å². The Hall–Kier alpha value is -1.93. The third-order valence-corrected chi connectivity index (χ3v) is 7.89. The summed E-state index contributed by atoms with van der Waals surface area (Å²) in [6, 6.07) is 14.9. The summed E-state index contributed by atoms with van der Waals surface area (Å²) in [5, 5.41) is 2.47. The first-order chi connectivity index (χ1) is 12.4. The molecule has 1 aliphatic heterocycles. The van der Waals surface area contributed by atoms with Gasteiger partial charge in [-0.05, 0) is 35.3 Å². The molecule has 0 aromatic heterocycles. The molecule has 2 heteroatoms. The number of fused-ring (bicyclic) bond motifs is 4. The smallest absolute Gasteiger partial charge is 0.116 e. The molecule has 3 atom stereocenters. The van der Waals surface area contributed by atoms with E-state index in [1.165, 1.54) is 34.9 Å². The summed E-state index contributed by atoms with van der Waals surface area (Å²) in [5.41, 5.74) is 3.60. The van der Waals surface area contributed by atoms with Gasteiger partial charge in [0.15, 0.2) is 0 Å². The number of nitrogens with zero attached hydrogens (tertiary/aromatic N) is 1. The van der Waals surface area contributed by atoms with Crippen LogP contribution in [0.25, 0.3) is 10.8 Å². The monoisotopic (exact) mass is 345 g/mol. The lowest BCUT2D eigenvalue weighted by atomic mass is 9.63. The van der Waals surface area contributed by atoms with Crippen LogP contribution in [0.5, 0.6) is 0 Å². The van der Waals surface area contributed by atoms with Crippen LogP contribution in [-0.2, 0) is 4.74 Å². The van der Waals surface area contributed by atoms with Crippen molar-refractivity contribution in [2.75, 3.05) is 6.61 Å². The van der Waals surface area contributed by atoms with Crippen molar-refractivity contribution < 1.29 is 4.74 Å². The van der Waals surface area contributed by atoms with E-state index in [9.17, 15) is 0 Å². The maximum absolute atomic E-state index is 6.55. The predicted octanol–water partition coefficient (Wildman–Crippen LogP) is 6.08. The maximum Gasteiger partial charge on any atom is 0.116 e. The van der Waals surface area contributed by atoms with E-state index in [1.54, 1.807) is 0 Å². The normalized spacial score (nSPS) is 36.7. The van der Waals surface area contributed by atoms with Crippen molar-refractivity contribution in [3.63, 3.8) is 0 Å². The second-order valence-electron chi connectivity index (χ2n) is 9.18. The summed E-state index contributed by atoms with van der Waals surface area (Å²) < 4.78 is 6.55. The van der Waals surface area contributed by atoms with E-state index >= 15 is 0 Å². The minimum Gasteiger partial charge on any atom is -0.364 e. The van der Waals surface area contributed by atoms with Crippen LogP contribution in [0.4, 0.5) is 5.69 Å². The van der Waals surface area contributed by atoms with Crippen LogP contribution in [0.1, 0.15) is 40.0 Å². The Bertz CT molecular complexity index is 950. The number of ether oxygens (including phenoxy) is 1. The van der Waals surface area contributed by atoms with Gasteiger partial charge >= 0.3 is 0 Å². The molecule has 2 aromatic rings. The molecule has 3 fully saturated rings. The molecular formula is C24H27NO. The van der Waals surface area contributed by atoms with Crippen molar-refractivity contribution in [2.45, 2.75) is 45.6 Å². The second kappa shape index (κ2) is 5.07. The first-order valence-electron chi connectivity index (χ1n) is 9.76. The molecule has 2 aromatic carbocycles. The highest BCUT2D eigenvalue weighted by molar-refractivity contribution is 6.04. The first kappa shape index (κ1) is 16.3. The topological polar surface area (TPSA) is 21.6 Å². The predicted molar refractivity (Wildman–Crippen MR) is 108 cm³/mol. The molecule has 0 N–H and O–H groups in total. The highest BCUT2D eigenvalue weighted by Crippen LogP contribution is 2.71. The largest absolute Gasteiger partial charge is 0.364 e. The van der Waals surface area contributed by atoms with Crippen LogP contribution in [-0.4, -0.2) is 17.9 Å².